The number of carbonyl (C=O) groups is 1. The minimum Gasteiger partial charge on any atom is -0.496 e. The third-order valence-corrected chi connectivity index (χ3v) is 3.99. The van der Waals surface area contributed by atoms with Crippen molar-refractivity contribution in [3.05, 3.63) is 64.8 Å². The van der Waals surface area contributed by atoms with Crippen molar-refractivity contribution < 1.29 is 27.2 Å². The van der Waals surface area contributed by atoms with Crippen LogP contribution in [0, 0.1) is 0 Å². The third-order valence-electron chi connectivity index (χ3n) is 3.66. The Morgan fingerprint density at radius 1 is 1.19 bits per heavy atom. The van der Waals surface area contributed by atoms with E-state index in [9.17, 15) is 18.0 Å². The summed E-state index contributed by atoms with van der Waals surface area (Å²) >= 11 is 5.88. The van der Waals surface area contributed by atoms with Gasteiger partial charge in [0.1, 0.15) is 5.75 Å². The van der Waals surface area contributed by atoms with E-state index in [1.807, 2.05) is 0 Å². The molecule has 5 nitrogen and oxygen atoms in total. The van der Waals surface area contributed by atoms with Crippen molar-refractivity contribution in [3.8, 4) is 17.1 Å². The number of aromatic nitrogens is 1. The Balaban J connectivity index is 1.85. The van der Waals surface area contributed by atoms with Crippen LogP contribution in [0.4, 0.5) is 18.9 Å². The SMILES string of the molecule is COc1ccccc1-c1cc(C(=O)Nc2cc(C(F)(F)F)ccc2Cl)no1. The largest absolute Gasteiger partial charge is 0.496 e. The van der Waals surface area contributed by atoms with E-state index in [-0.39, 0.29) is 22.2 Å². The Labute approximate surface area is 156 Å². The molecular weight excluding hydrogens is 385 g/mol. The number of ether oxygens (including phenoxy) is 1. The number of amides is 1. The molecule has 1 heterocycles. The lowest BCUT2D eigenvalue weighted by atomic mass is 10.1. The molecule has 0 fully saturated rings. The summed E-state index contributed by atoms with van der Waals surface area (Å²) in [6.07, 6.45) is -4.56. The number of nitrogens with zero attached hydrogens (tertiary/aromatic N) is 1. The summed E-state index contributed by atoms with van der Waals surface area (Å²) < 4.78 is 48.9. The summed E-state index contributed by atoms with van der Waals surface area (Å²) in [5.74, 6) is 0.0235. The van der Waals surface area contributed by atoms with Crippen LogP contribution in [0.25, 0.3) is 11.3 Å². The first-order chi connectivity index (χ1) is 12.8. The van der Waals surface area contributed by atoms with Gasteiger partial charge < -0.3 is 14.6 Å². The monoisotopic (exact) mass is 396 g/mol. The molecule has 0 atom stereocenters. The van der Waals surface area contributed by atoms with E-state index in [4.69, 9.17) is 20.9 Å². The molecule has 3 aromatic rings. The highest BCUT2D eigenvalue weighted by Crippen LogP contribution is 2.34. The Kier molecular flexibility index (Phi) is 5.09. The Bertz CT molecular complexity index is 986. The van der Waals surface area contributed by atoms with Gasteiger partial charge in [-0.1, -0.05) is 28.9 Å². The zero-order valence-corrected chi connectivity index (χ0v) is 14.6. The van der Waals surface area contributed by atoms with Gasteiger partial charge in [-0.25, -0.2) is 0 Å². The fraction of sp³-hybridized carbons (Fsp3) is 0.111. The highest BCUT2D eigenvalue weighted by atomic mass is 35.5. The number of rotatable bonds is 4. The number of para-hydroxylation sites is 1. The van der Waals surface area contributed by atoms with E-state index in [1.54, 1.807) is 24.3 Å². The molecule has 0 radical (unpaired) electrons. The van der Waals surface area contributed by atoms with Crippen molar-refractivity contribution >= 4 is 23.2 Å². The minimum atomic E-state index is -4.56. The fourth-order valence-electron chi connectivity index (χ4n) is 2.34. The first-order valence-corrected chi connectivity index (χ1v) is 7.95. The topological polar surface area (TPSA) is 64.4 Å². The lowest BCUT2D eigenvalue weighted by Crippen LogP contribution is -2.14. The molecule has 140 valence electrons. The quantitative estimate of drug-likeness (QED) is 0.652. The van der Waals surface area contributed by atoms with Crippen molar-refractivity contribution in [2.75, 3.05) is 12.4 Å². The van der Waals surface area contributed by atoms with Crippen LogP contribution in [0.1, 0.15) is 16.1 Å². The molecule has 0 bridgehead atoms. The van der Waals surface area contributed by atoms with Crippen LogP contribution in [-0.4, -0.2) is 18.2 Å². The van der Waals surface area contributed by atoms with Crippen LogP contribution in [-0.2, 0) is 6.18 Å². The molecule has 0 aliphatic rings. The molecule has 1 aromatic heterocycles. The number of nitrogens with one attached hydrogen (secondary N) is 1. The van der Waals surface area contributed by atoms with Crippen LogP contribution in [0.15, 0.2) is 53.1 Å². The molecule has 0 unspecified atom stereocenters. The molecule has 0 spiro atoms. The first kappa shape index (κ1) is 18.8. The zero-order chi connectivity index (χ0) is 19.6. The molecular formula is C18H12ClF3N2O3. The molecule has 0 saturated carbocycles. The van der Waals surface area contributed by atoms with Gasteiger partial charge in [-0.2, -0.15) is 13.2 Å². The van der Waals surface area contributed by atoms with Crippen LogP contribution >= 0.6 is 11.6 Å². The first-order valence-electron chi connectivity index (χ1n) is 7.58. The average Bonchev–Trinajstić information content (AvgIpc) is 3.12. The molecule has 1 N–H and O–H groups in total. The second-order valence-electron chi connectivity index (χ2n) is 5.42. The number of benzene rings is 2. The highest BCUT2D eigenvalue weighted by molar-refractivity contribution is 6.33. The van der Waals surface area contributed by atoms with Gasteiger partial charge >= 0.3 is 6.18 Å². The van der Waals surface area contributed by atoms with Crippen molar-refractivity contribution in [2.45, 2.75) is 6.18 Å². The average molecular weight is 397 g/mol. The predicted octanol–water partition coefficient (Wildman–Crippen LogP) is 5.27. The number of halogens is 4. The van der Waals surface area contributed by atoms with E-state index >= 15 is 0 Å². The zero-order valence-electron chi connectivity index (χ0n) is 13.8. The summed E-state index contributed by atoms with van der Waals surface area (Å²) in [6, 6.07) is 10.9. The Morgan fingerprint density at radius 2 is 1.93 bits per heavy atom. The van der Waals surface area contributed by atoms with Crippen LogP contribution < -0.4 is 10.1 Å². The second kappa shape index (κ2) is 7.32. The second-order valence-corrected chi connectivity index (χ2v) is 5.83. The van der Waals surface area contributed by atoms with Gasteiger partial charge in [0, 0.05) is 6.07 Å². The molecule has 0 saturated heterocycles. The molecule has 0 aliphatic heterocycles. The minimum absolute atomic E-state index is 0.0372. The molecule has 2 aromatic carbocycles. The van der Waals surface area contributed by atoms with Gasteiger partial charge in [0.15, 0.2) is 11.5 Å². The summed E-state index contributed by atoms with van der Waals surface area (Å²) in [6.45, 7) is 0. The van der Waals surface area contributed by atoms with Gasteiger partial charge in [0.25, 0.3) is 5.91 Å². The van der Waals surface area contributed by atoms with Crippen molar-refractivity contribution in [2.24, 2.45) is 0 Å². The van der Waals surface area contributed by atoms with Crippen LogP contribution in [0.5, 0.6) is 5.75 Å². The maximum atomic E-state index is 12.8. The van der Waals surface area contributed by atoms with Crippen molar-refractivity contribution in [1.82, 2.24) is 5.16 Å². The Morgan fingerprint density at radius 3 is 2.63 bits per heavy atom. The summed E-state index contributed by atoms with van der Waals surface area (Å²) in [5.41, 5.74) is -0.663. The standard InChI is InChI=1S/C18H12ClF3N2O3/c1-26-15-5-3-2-4-11(15)16-9-14(24-27-16)17(25)23-13-8-10(18(20,21)22)6-7-12(13)19/h2-9H,1H3,(H,23,25). The van der Waals surface area contributed by atoms with Gasteiger partial charge in [-0.15, -0.1) is 0 Å². The molecule has 3 rings (SSSR count). The van der Waals surface area contributed by atoms with Crippen LogP contribution in [0.2, 0.25) is 5.02 Å². The molecule has 1 amide bonds. The summed E-state index contributed by atoms with van der Waals surface area (Å²) in [7, 11) is 1.48. The number of hydrogen-bond acceptors (Lipinski definition) is 4. The van der Waals surface area contributed by atoms with Crippen LogP contribution in [0.3, 0.4) is 0 Å². The van der Waals surface area contributed by atoms with E-state index in [2.05, 4.69) is 10.5 Å². The molecule has 0 aliphatic carbocycles. The number of alkyl halides is 3. The maximum absolute atomic E-state index is 12.8. The molecule has 27 heavy (non-hydrogen) atoms. The normalized spacial score (nSPS) is 11.3. The summed E-state index contributed by atoms with van der Waals surface area (Å²) in [5, 5.41) is 5.93. The third kappa shape index (κ3) is 4.06. The number of carbonyl (C=O) groups excluding carboxylic acids is 1. The summed E-state index contributed by atoms with van der Waals surface area (Å²) in [4.78, 5) is 12.3. The van der Waals surface area contributed by atoms with Crippen molar-refractivity contribution in [1.29, 1.82) is 0 Å². The number of anilines is 1. The van der Waals surface area contributed by atoms with E-state index < -0.39 is 17.6 Å². The van der Waals surface area contributed by atoms with Crippen molar-refractivity contribution in [3.63, 3.8) is 0 Å². The van der Waals surface area contributed by atoms with Gasteiger partial charge in [-0.05, 0) is 30.3 Å². The van der Waals surface area contributed by atoms with E-state index in [1.165, 1.54) is 13.2 Å². The van der Waals surface area contributed by atoms with Gasteiger partial charge in [0.2, 0.25) is 0 Å². The lowest BCUT2D eigenvalue weighted by Gasteiger charge is -2.10. The Hall–Kier alpha value is -3.00. The maximum Gasteiger partial charge on any atom is 0.416 e. The fourth-order valence-corrected chi connectivity index (χ4v) is 2.51. The smallest absolute Gasteiger partial charge is 0.416 e. The van der Waals surface area contributed by atoms with Gasteiger partial charge in [-0.3, -0.25) is 4.79 Å². The predicted molar refractivity (Wildman–Crippen MR) is 92.9 cm³/mol. The van der Waals surface area contributed by atoms with E-state index in [0.29, 0.717) is 11.3 Å². The lowest BCUT2D eigenvalue weighted by molar-refractivity contribution is -0.137. The van der Waals surface area contributed by atoms with Gasteiger partial charge in [0.05, 0.1) is 28.9 Å². The number of hydrogen-bond donors (Lipinski definition) is 1. The molecule has 9 heteroatoms. The number of methoxy groups -OCH3 is 1. The van der Waals surface area contributed by atoms with E-state index in [0.717, 1.165) is 18.2 Å². The highest BCUT2D eigenvalue weighted by Gasteiger charge is 2.31.